The molecule has 36 heavy (non-hydrogen) atoms. The molecule has 0 amide bonds. The second-order valence-corrected chi connectivity index (χ2v) is 7.68. The van der Waals surface area contributed by atoms with Gasteiger partial charge in [0.25, 0.3) is 0 Å². The molecule has 0 aromatic carbocycles. The molecule has 1 aliphatic rings. The number of rotatable bonds is 10. The molecule has 1 saturated heterocycles. The Morgan fingerprint density at radius 1 is 0.806 bits per heavy atom. The van der Waals surface area contributed by atoms with Crippen LogP contribution >= 0.6 is 0 Å². The van der Waals surface area contributed by atoms with Crippen molar-refractivity contribution < 1.29 is 71.8 Å². The van der Waals surface area contributed by atoms with E-state index >= 15 is 0 Å². The number of hydrogen-bond acceptors (Lipinski definition) is 14. The van der Waals surface area contributed by atoms with Gasteiger partial charge >= 0.3 is 47.6 Å². The van der Waals surface area contributed by atoms with Crippen molar-refractivity contribution in [2.45, 2.75) is 84.3 Å². The summed E-state index contributed by atoms with van der Waals surface area (Å²) >= 11 is 0. The molecule has 15 nitrogen and oxygen atoms in total. The summed E-state index contributed by atoms with van der Waals surface area (Å²) in [6.45, 7) is 5.12. The summed E-state index contributed by atoms with van der Waals surface area (Å²) in [6.07, 6.45) is -9.42. The molecule has 1 fully saturated rings. The summed E-state index contributed by atoms with van der Waals surface area (Å²) < 4.78 is 36.1. The van der Waals surface area contributed by atoms with E-state index in [1.54, 1.807) is 0 Å². The van der Waals surface area contributed by atoms with E-state index < -0.39 is 91.1 Å². The number of esters is 6. The number of carboxylic acid groups (broad SMARTS) is 1. The normalized spacial score (nSPS) is 24.8. The maximum absolute atomic E-state index is 12.2. The van der Waals surface area contributed by atoms with E-state index in [9.17, 15) is 38.7 Å². The van der Waals surface area contributed by atoms with Crippen LogP contribution in [0.1, 0.15) is 48.0 Å². The van der Waals surface area contributed by atoms with Gasteiger partial charge in [-0.25, -0.2) is 4.79 Å². The van der Waals surface area contributed by atoms with Gasteiger partial charge in [-0.2, -0.15) is 0 Å². The fraction of sp³-hybridized carbons (Fsp3) is 0.667. The topological polar surface area (TPSA) is 204 Å². The highest BCUT2D eigenvalue weighted by atomic mass is 16.8. The molecule has 6 atom stereocenters. The van der Waals surface area contributed by atoms with Crippen LogP contribution in [0.4, 0.5) is 0 Å². The van der Waals surface area contributed by atoms with Crippen molar-refractivity contribution in [3.05, 3.63) is 0 Å². The maximum Gasteiger partial charge on any atom is 0.377 e. The second-order valence-electron chi connectivity index (χ2n) is 7.68. The molecule has 0 saturated carbocycles. The highest BCUT2D eigenvalue weighted by Crippen LogP contribution is 2.37. The molecule has 0 aromatic heterocycles. The van der Waals surface area contributed by atoms with E-state index in [0.29, 0.717) is 0 Å². The zero-order chi connectivity index (χ0) is 27.8. The molecule has 1 N–H and O–H groups in total. The van der Waals surface area contributed by atoms with Gasteiger partial charge in [-0.15, -0.1) is 0 Å². The fourth-order valence-electron chi connectivity index (χ4n) is 3.47. The van der Waals surface area contributed by atoms with Crippen molar-refractivity contribution in [3.8, 4) is 0 Å². The highest BCUT2D eigenvalue weighted by molar-refractivity contribution is 5.80. The van der Waals surface area contributed by atoms with Gasteiger partial charge < -0.3 is 38.3 Å². The molecular weight excluding hydrogens is 492 g/mol. The van der Waals surface area contributed by atoms with Gasteiger partial charge in [-0.05, 0) is 0 Å². The quantitative estimate of drug-likeness (QED) is 0.282. The van der Waals surface area contributed by atoms with Crippen LogP contribution in [-0.4, -0.2) is 89.8 Å². The Balaban J connectivity index is 3.78. The number of carboxylic acids is 1. The Bertz CT molecular complexity index is 896. The van der Waals surface area contributed by atoms with Crippen molar-refractivity contribution in [2.24, 2.45) is 0 Å². The molecule has 0 unspecified atom stereocenters. The molecule has 15 heteroatoms. The molecular formula is C21H28O15. The fourth-order valence-corrected chi connectivity index (χ4v) is 3.47. The molecule has 0 aromatic rings. The number of ether oxygens (including phenoxy) is 7. The number of hydrogen-bond donors (Lipinski definition) is 1. The summed E-state index contributed by atoms with van der Waals surface area (Å²) in [7, 11) is 0. The molecule has 1 heterocycles. The Morgan fingerprint density at radius 2 is 1.36 bits per heavy atom. The lowest BCUT2D eigenvalue weighted by molar-refractivity contribution is -0.320. The molecule has 0 bridgehead atoms. The van der Waals surface area contributed by atoms with Gasteiger partial charge in [0, 0.05) is 41.5 Å². The van der Waals surface area contributed by atoms with E-state index in [4.69, 9.17) is 33.2 Å². The first-order valence-corrected chi connectivity index (χ1v) is 10.5. The van der Waals surface area contributed by atoms with Gasteiger partial charge in [0.05, 0.1) is 6.42 Å². The van der Waals surface area contributed by atoms with Gasteiger partial charge in [0.2, 0.25) is 0 Å². The van der Waals surface area contributed by atoms with Crippen molar-refractivity contribution in [1.29, 1.82) is 0 Å². The first kappa shape index (κ1) is 30.3. The Kier molecular flexibility index (Phi) is 10.8. The number of aliphatic carboxylic acids is 1. The maximum atomic E-state index is 12.2. The van der Waals surface area contributed by atoms with Crippen LogP contribution in [0.25, 0.3) is 0 Å². The Labute approximate surface area is 205 Å². The van der Waals surface area contributed by atoms with Gasteiger partial charge in [-0.1, -0.05) is 0 Å². The highest BCUT2D eigenvalue weighted by Gasteiger charge is 2.61. The summed E-state index contributed by atoms with van der Waals surface area (Å²) in [5.74, 6) is -10.4. The summed E-state index contributed by atoms with van der Waals surface area (Å²) in [5.41, 5.74) is 0. The standard InChI is InChI=1S/C21H28O15/c1-9(22)30-8-16(32-11(3)24)18(34-13(5)26)19-17(33-12(4)25)15(31-10(2)23)7-21(36-19,20(28)29)35-14(6)27/h15-19H,7-8H2,1-6H3,(H,28,29)/t15-,16-,17+,18+,19+,21-/m0/s1. The van der Waals surface area contributed by atoms with E-state index in [2.05, 4.69) is 0 Å². The van der Waals surface area contributed by atoms with E-state index in [0.717, 1.165) is 41.5 Å². The first-order valence-electron chi connectivity index (χ1n) is 10.5. The van der Waals surface area contributed by atoms with Gasteiger partial charge in [-0.3, -0.25) is 28.8 Å². The molecule has 202 valence electrons. The van der Waals surface area contributed by atoms with Crippen LogP contribution in [0.2, 0.25) is 0 Å². The Morgan fingerprint density at radius 3 is 1.78 bits per heavy atom. The van der Waals surface area contributed by atoms with E-state index in [-0.39, 0.29) is 0 Å². The monoisotopic (exact) mass is 520 g/mol. The largest absolute Gasteiger partial charge is 0.476 e. The van der Waals surface area contributed by atoms with Crippen LogP contribution < -0.4 is 0 Å². The Hall–Kier alpha value is -3.75. The third-order valence-corrected chi connectivity index (χ3v) is 4.50. The lowest BCUT2D eigenvalue weighted by Gasteiger charge is -2.46. The minimum atomic E-state index is -2.81. The van der Waals surface area contributed by atoms with E-state index in [1.165, 1.54) is 0 Å². The van der Waals surface area contributed by atoms with Crippen LogP contribution in [0.3, 0.4) is 0 Å². The summed E-state index contributed by atoms with van der Waals surface area (Å²) in [5, 5.41) is 9.89. The van der Waals surface area contributed by atoms with Crippen molar-refractivity contribution in [3.63, 3.8) is 0 Å². The van der Waals surface area contributed by atoms with E-state index in [1.807, 2.05) is 0 Å². The van der Waals surface area contributed by atoms with Gasteiger partial charge in [0.1, 0.15) is 18.8 Å². The molecule has 0 spiro atoms. The lowest BCUT2D eigenvalue weighted by Crippen LogP contribution is -2.66. The van der Waals surface area contributed by atoms with Crippen LogP contribution in [0, 0.1) is 0 Å². The predicted octanol–water partition coefficient (Wildman–Crippen LogP) is -0.591. The summed E-state index contributed by atoms with van der Waals surface area (Å²) in [4.78, 5) is 82.7. The smallest absolute Gasteiger partial charge is 0.377 e. The van der Waals surface area contributed by atoms with Crippen LogP contribution in [0.15, 0.2) is 0 Å². The predicted molar refractivity (Wildman–Crippen MR) is 110 cm³/mol. The SMILES string of the molecule is CC(=O)OC[C@H](OC(C)=O)[C@@H](OC(C)=O)[C@@H]1O[C@](OC(C)=O)(C(=O)O)C[C@H](OC(C)=O)[C@H]1OC(C)=O. The van der Waals surface area contributed by atoms with Crippen LogP contribution in [-0.2, 0) is 66.7 Å². The molecule has 1 aliphatic heterocycles. The lowest BCUT2D eigenvalue weighted by atomic mass is 9.90. The summed E-state index contributed by atoms with van der Waals surface area (Å²) in [6, 6.07) is 0. The minimum Gasteiger partial charge on any atom is -0.476 e. The van der Waals surface area contributed by atoms with Crippen molar-refractivity contribution in [1.82, 2.24) is 0 Å². The van der Waals surface area contributed by atoms with Crippen molar-refractivity contribution >= 4 is 41.8 Å². The molecule has 0 aliphatic carbocycles. The first-order chi connectivity index (χ1) is 16.6. The zero-order valence-corrected chi connectivity index (χ0v) is 20.5. The third-order valence-electron chi connectivity index (χ3n) is 4.50. The van der Waals surface area contributed by atoms with Gasteiger partial charge in [0.15, 0.2) is 18.3 Å². The minimum absolute atomic E-state index is 0.703. The molecule has 0 radical (unpaired) electrons. The average Bonchev–Trinajstić information content (AvgIpc) is 2.69. The number of carbonyl (C=O) groups is 7. The van der Waals surface area contributed by atoms with Crippen LogP contribution in [0.5, 0.6) is 0 Å². The number of carbonyl (C=O) groups excluding carboxylic acids is 6. The third kappa shape index (κ3) is 8.79. The zero-order valence-electron chi connectivity index (χ0n) is 20.5. The average molecular weight is 520 g/mol. The second kappa shape index (κ2) is 12.8. The molecule has 1 rings (SSSR count). The van der Waals surface area contributed by atoms with Crippen molar-refractivity contribution in [2.75, 3.05) is 6.61 Å².